The van der Waals surface area contributed by atoms with Gasteiger partial charge in [0.05, 0.1) is 22.8 Å². The Hall–Kier alpha value is -1.62. The van der Waals surface area contributed by atoms with Crippen molar-refractivity contribution in [2.24, 2.45) is 5.92 Å². The van der Waals surface area contributed by atoms with Crippen LogP contribution in [0.25, 0.3) is 21.9 Å². The second-order valence-corrected chi connectivity index (χ2v) is 7.56. The maximum absolute atomic E-state index is 4.88. The average molecular weight is 387 g/mol. The van der Waals surface area contributed by atoms with Gasteiger partial charge < -0.3 is 5.32 Å². The van der Waals surface area contributed by atoms with Gasteiger partial charge in [-0.05, 0) is 47.7 Å². The van der Waals surface area contributed by atoms with Crippen molar-refractivity contribution in [1.29, 1.82) is 0 Å². The molecule has 0 aliphatic heterocycles. The van der Waals surface area contributed by atoms with Crippen molar-refractivity contribution in [2.75, 3.05) is 11.9 Å². The molecule has 1 N–H and O–H groups in total. The van der Waals surface area contributed by atoms with Crippen LogP contribution in [0.15, 0.2) is 28.9 Å². The maximum atomic E-state index is 4.88. The van der Waals surface area contributed by atoms with E-state index in [1.54, 1.807) is 0 Å². The van der Waals surface area contributed by atoms with E-state index in [1.807, 2.05) is 10.9 Å². The van der Waals surface area contributed by atoms with E-state index in [0.717, 1.165) is 40.0 Å². The van der Waals surface area contributed by atoms with Gasteiger partial charge in [0.2, 0.25) is 0 Å². The third kappa shape index (κ3) is 2.79. The van der Waals surface area contributed by atoms with Crippen molar-refractivity contribution in [3.63, 3.8) is 0 Å². The maximum Gasteiger partial charge on any atom is 0.160 e. The molecule has 1 aromatic carbocycles. The monoisotopic (exact) mass is 386 g/mol. The third-order valence-electron chi connectivity index (χ3n) is 5.15. The number of aryl methyl sites for hydroxylation is 1. The van der Waals surface area contributed by atoms with Gasteiger partial charge in [-0.1, -0.05) is 31.4 Å². The molecule has 0 amide bonds. The predicted molar refractivity (Wildman–Crippen MR) is 103 cm³/mol. The fraction of sp³-hybridized carbons (Fsp3) is 0.474. The summed E-state index contributed by atoms with van der Waals surface area (Å²) in [6.45, 7) is 3.97. The molecule has 126 valence electrons. The zero-order valence-electron chi connectivity index (χ0n) is 14.1. The first-order chi connectivity index (χ1) is 11.8. The van der Waals surface area contributed by atoms with Crippen LogP contribution >= 0.6 is 15.9 Å². The van der Waals surface area contributed by atoms with Crippen LogP contribution in [0.4, 0.5) is 5.69 Å². The Morgan fingerprint density at radius 1 is 1.21 bits per heavy atom. The van der Waals surface area contributed by atoms with E-state index in [-0.39, 0.29) is 0 Å². The van der Waals surface area contributed by atoms with E-state index in [4.69, 9.17) is 4.98 Å². The van der Waals surface area contributed by atoms with Gasteiger partial charge in [0.25, 0.3) is 0 Å². The van der Waals surface area contributed by atoms with Gasteiger partial charge in [0.1, 0.15) is 0 Å². The Bertz CT molecular complexity index is 865. The van der Waals surface area contributed by atoms with E-state index in [0.29, 0.717) is 0 Å². The number of fused-ring (bicyclic) bond motifs is 2. The lowest BCUT2D eigenvalue weighted by molar-refractivity contribution is 0.373. The lowest BCUT2D eigenvalue weighted by Crippen LogP contribution is -2.17. The zero-order valence-corrected chi connectivity index (χ0v) is 15.6. The van der Waals surface area contributed by atoms with Crippen LogP contribution in [0.5, 0.6) is 0 Å². The summed E-state index contributed by atoms with van der Waals surface area (Å²) in [7, 11) is 0. The number of aromatic nitrogens is 3. The first-order valence-electron chi connectivity index (χ1n) is 8.95. The van der Waals surface area contributed by atoms with Crippen molar-refractivity contribution < 1.29 is 0 Å². The van der Waals surface area contributed by atoms with E-state index >= 15 is 0 Å². The number of benzene rings is 1. The van der Waals surface area contributed by atoms with E-state index < -0.39 is 0 Å². The van der Waals surface area contributed by atoms with Crippen LogP contribution < -0.4 is 5.32 Å². The van der Waals surface area contributed by atoms with Gasteiger partial charge in [-0.3, -0.25) is 0 Å². The van der Waals surface area contributed by atoms with Crippen LogP contribution in [0.2, 0.25) is 0 Å². The Kier molecular flexibility index (Phi) is 4.44. The molecule has 24 heavy (non-hydrogen) atoms. The summed E-state index contributed by atoms with van der Waals surface area (Å²) in [5.74, 6) is 0.783. The Morgan fingerprint density at radius 3 is 2.83 bits per heavy atom. The molecule has 1 saturated carbocycles. The topological polar surface area (TPSA) is 42.7 Å². The minimum atomic E-state index is 0.783. The number of rotatable bonds is 4. The Labute approximate surface area is 150 Å². The Morgan fingerprint density at radius 2 is 2.04 bits per heavy atom. The van der Waals surface area contributed by atoms with Gasteiger partial charge >= 0.3 is 0 Å². The highest BCUT2D eigenvalue weighted by Crippen LogP contribution is 2.35. The van der Waals surface area contributed by atoms with Crippen molar-refractivity contribution in [1.82, 2.24) is 14.8 Å². The van der Waals surface area contributed by atoms with Crippen molar-refractivity contribution in [3.8, 4) is 0 Å². The summed E-state index contributed by atoms with van der Waals surface area (Å²) in [6.07, 6.45) is 8.79. The molecule has 4 nitrogen and oxygen atoms in total. The smallest absolute Gasteiger partial charge is 0.160 e. The highest BCUT2D eigenvalue weighted by Gasteiger charge is 2.17. The zero-order chi connectivity index (χ0) is 16.5. The average Bonchev–Trinajstić information content (AvgIpc) is 3.03. The third-order valence-corrected chi connectivity index (χ3v) is 5.79. The van der Waals surface area contributed by atoms with E-state index in [9.17, 15) is 0 Å². The number of nitrogens with one attached hydrogen (secondary N) is 1. The van der Waals surface area contributed by atoms with Crippen molar-refractivity contribution >= 4 is 43.6 Å². The summed E-state index contributed by atoms with van der Waals surface area (Å²) in [4.78, 5) is 4.88. The van der Waals surface area contributed by atoms with Gasteiger partial charge in [-0.2, -0.15) is 5.10 Å². The van der Waals surface area contributed by atoms with Gasteiger partial charge in [0, 0.05) is 22.9 Å². The van der Waals surface area contributed by atoms with Gasteiger partial charge in [0.15, 0.2) is 5.65 Å². The number of anilines is 1. The van der Waals surface area contributed by atoms with Crippen LogP contribution in [-0.2, 0) is 6.54 Å². The normalized spacial score (nSPS) is 16.1. The molecule has 0 saturated heterocycles. The molecule has 1 fully saturated rings. The minimum Gasteiger partial charge on any atom is -0.384 e. The first kappa shape index (κ1) is 15.9. The molecular formula is C19H23BrN4. The van der Waals surface area contributed by atoms with Gasteiger partial charge in [-0.25, -0.2) is 9.67 Å². The number of pyridine rings is 1. The highest BCUT2D eigenvalue weighted by atomic mass is 79.9. The first-order valence-corrected chi connectivity index (χ1v) is 9.75. The molecule has 0 atom stereocenters. The van der Waals surface area contributed by atoms with Crippen LogP contribution in [0.3, 0.4) is 0 Å². The molecule has 0 bridgehead atoms. The lowest BCUT2D eigenvalue weighted by Gasteiger charge is -2.23. The second kappa shape index (κ2) is 6.71. The number of para-hydroxylation sites is 1. The van der Waals surface area contributed by atoms with Gasteiger partial charge in [-0.15, -0.1) is 0 Å². The summed E-state index contributed by atoms with van der Waals surface area (Å²) in [5, 5.41) is 10.6. The van der Waals surface area contributed by atoms with E-state index in [1.165, 1.54) is 43.2 Å². The van der Waals surface area contributed by atoms with Crippen LogP contribution in [0.1, 0.15) is 39.0 Å². The summed E-state index contributed by atoms with van der Waals surface area (Å²) < 4.78 is 3.01. The minimum absolute atomic E-state index is 0.783. The molecule has 3 aromatic rings. The van der Waals surface area contributed by atoms with Crippen molar-refractivity contribution in [3.05, 3.63) is 28.9 Å². The molecule has 2 heterocycles. The fourth-order valence-electron chi connectivity index (χ4n) is 3.81. The second-order valence-electron chi connectivity index (χ2n) is 6.71. The molecule has 4 rings (SSSR count). The molecule has 2 aromatic heterocycles. The number of hydrogen-bond donors (Lipinski definition) is 1. The standard InChI is InChI=1S/C19H23BrN4/c1-2-24-19-15(12-22-24)17(21-11-13-7-4-3-5-8-13)14-9-6-10-16(20)18(14)23-19/h6,9-10,12-13H,2-5,7-8,11H2,1H3,(H,21,23). The SMILES string of the molecule is CCn1ncc2c(NCC3CCCCC3)c3cccc(Br)c3nc21. The quantitative estimate of drug-likeness (QED) is 0.656. The lowest BCUT2D eigenvalue weighted by atomic mass is 9.89. The number of hydrogen-bond acceptors (Lipinski definition) is 3. The molecule has 0 spiro atoms. The fourth-order valence-corrected chi connectivity index (χ4v) is 4.27. The number of nitrogens with zero attached hydrogens (tertiary/aromatic N) is 3. The van der Waals surface area contributed by atoms with Crippen molar-refractivity contribution in [2.45, 2.75) is 45.6 Å². The molecular weight excluding hydrogens is 364 g/mol. The van der Waals surface area contributed by atoms with Crippen LogP contribution in [-0.4, -0.2) is 21.3 Å². The molecule has 0 radical (unpaired) electrons. The summed E-state index contributed by atoms with van der Waals surface area (Å²) in [5.41, 5.74) is 3.15. The molecule has 1 aliphatic carbocycles. The van der Waals surface area contributed by atoms with Crippen LogP contribution in [0, 0.1) is 5.92 Å². The Balaban J connectivity index is 1.80. The molecule has 1 aliphatic rings. The largest absolute Gasteiger partial charge is 0.384 e. The summed E-state index contributed by atoms with van der Waals surface area (Å²) >= 11 is 3.66. The predicted octanol–water partition coefficient (Wildman–Crippen LogP) is 5.36. The molecule has 0 unspecified atom stereocenters. The summed E-state index contributed by atoms with van der Waals surface area (Å²) in [6, 6.07) is 6.29. The number of halogens is 1. The molecule has 5 heteroatoms. The highest BCUT2D eigenvalue weighted by molar-refractivity contribution is 9.10. The van der Waals surface area contributed by atoms with E-state index in [2.05, 4.69) is 51.5 Å².